The normalized spacial score (nSPS) is 21.3. The van der Waals surface area contributed by atoms with E-state index in [9.17, 15) is 0 Å². The van der Waals surface area contributed by atoms with Gasteiger partial charge in [-0.05, 0) is 42.6 Å². The molecule has 1 heterocycles. The molecule has 1 unspecified atom stereocenters. The molecule has 1 fully saturated rings. The van der Waals surface area contributed by atoms with Crippen molar-refractivity contribution >= 4 is 15.9 Å². The van der Waals surface area contributed by atoms with Gasteiger partial charge >= 0.3 is 0 Å². The number of likely N-dealkylation sites (tertiary alicyclic amines) is 1. The molecule has 0 saturated carbocycles. The molecule has 0 aliphatic carbocycles. The van der Waals surface area contributed by atoms with Crippen molar-refractivity contribution in [1.29, 1.82) is 0 Å². The molecular formula is C13H18BrNO. The Hall–Kier alpha value is -0.540. The van der Waals surface area contributed by atoms with Gasteiger partial charge in [0.2, 0.25) is 0 Å². The average Bonchev–Trinajstić information content (AvgIpc) is 2.67. The van der Waals surface area contributed by atoms with Gasteiger partial charge in [-0.15, -0.1) is 0 Å². The van der Waals surface area contributed by atoms with E-state index in [0.717, 1.165) is 18.2 Å². The Bertz CT molecular complexity index is 367. The maximum atomic E-state index is 5.26. The first-order chi connectivity index (χ1) is 7.69. The molecule has 1 atom stereocenters. The van der Waals surface area contributed by atoms with Crippen LogP contribution in [0, 0.1) is 5.92 Å². The van der Waals surface area contributed by atoms with E-state index in [0.29, 0.717) is 0 Å². The van der Waals surface area contributed by atoms with E-state index in [1.807, 2.05) is 6.07 Å². The van der Waals surface area contributed by atoms with Crippen LogP contribution in [0.5, 0.6) is 5.75 Å². The zero-order valence-corrected chi connectivity index (χ0v) is 11.5. The van der Waals surface area contributed by atoms with Crippen molar-refractivity contribution in [1.82, 2.24) is 4.90 Å². The van der Waals surface area contributed by atoms with Crippen molar-refractivity contribution in [3.63, 3.8) is 0 Å². The highest BCUT2D eigenvalue weighted by Gasteiger charge is 2.19. The second-order valence-electron chi connectivity index (χ2n) is 4.59. The predicted octanol–water partition coefficient (Wildman–Crippen LogP) is 3.30. The molecule has 1 saturated heterocycles. The summed E-state index contributed by atoms with van der Waals surface area (Å²) >= 11 is 3.60. The zero-order valence-electron chi connectivity index (χ0n) is 9.87. The van der Waals surface area contributed by atoms with Crippen LogP contribution < -0.4 is 4.74 Å². The predicted molar refractivity (Wildman–Crippen MR) is 69.8 cm³/mol. The Labute approximate surface area is 106 Å². The van der Waals surface area contributed by atoms with Crippen molar-refractivity contribution < 1.29 is 4.74 Å². The molecular weight excluding hydrogens is 266 g/mol. The van der Waals surface area contributed by atoms with Crippen LogP contribution in [0.4, 0.5) is 0 Å². The number of hydrogen-bond acceptors (Lipinski definition) is 2. The second-order valence-corrected chi connectivity index (χ2v) is 5.44. The number of benzene rings is 1. The lowest BCUT2D eigenvalue weighted by Crippen LogP contribution is -2.19. The number of ether oxygens (including phenoxy) is 1. The Morgan fingerprint density at radius 2 is 2.31 bits per heavy atom. The van der Waals surface area contributed by atoms with Gasteiger partial charge in [-0.2, -0.15) is 0 Å². The van der Waals surface area contributed by atoms with Crippen molar-refractivity contribution in [2.45, 2.75) is 19.9 Å². The number of halogens is 1. The van der Waals surface area contributed by atoms with Gasteiger partial charge in [0.05, 0.1) is 7.11 Å². The molecule has 3 heteroatoms. The van der Waals surface area contributed by atoms with Gasteiger partial charge in [0.15, 0.2) is 0 Å². The Balaban J connectivity index is 2.08. The van der Waals surface area contributed by atoms with Gasteiger partial charge in [-0.3, -0.25) is 4.90 Å². The first kappa shape index (κ1) is 11.9. The topological polar surface area (TPSA) is 12.5 Å². The summed E-state index contributed by atoms with van der Waals surface area (Å²) < 4.78 is 6.43. The summed E-state index contributed by atoms with van der Waals surface area (Å²) in [5, 5.41) is 0. The van der Waals surface area contributed by atoms with Crippen molar-refractivity contribution in [3.05, 3.63) is 28.2 Å². The fourth-order valence-electron chi connectivity index (χ4n) is 2.21. The molecule has 0 spiro atoms. The number of rotatable bonds is 3. The van der Waals surface area contributed by atoms with Crippen LogP contribution in [-0.2, 0) is 6.54 Å². The van der Waals surface area contributed by atoms with Gasteiger partial charge in [0.25, 0.3) is 0 Å². The zero-order chi connectivity index (χ0) is 11.5. The molecule has 1 aromatic rings. The Morgan fingerprint density at radius 3 is 2.94 bits per heavy atom. The molecule has 0 aromatic heterocycles. The summed E-state index contributed by atoms with van der Waals surface area (Å²) in [6.07, 6.45) is 1.32. The lowest BCUT2D eigenvalue weighted by atomic mass is 10.2. The molecule has 0 N–H and O–H groups in total. The van der Waals surface area contributed by atoms with Crippen molar-refractivity contribution in [2.75, 3.05) is 20.2 Å². The molecule has 0 amide bonds. The van der Waals surface area contributed by atoms with Gasteiger partial charge < -0.3 is 4.74 Å². The molecule has 88 valence electrons. The van der Waals surface area contributed by atoms with Crippen molar-refractivity contribution in [2.24, 2.45) is 5.92 Å². The SMILES string of the molecule is COc1ccc(Br)c(CN2CCC(C)C2)c1. The third-order valence-corrected chi connectivity index (χ3v) is 3.93. The van der Waals surface area contributed by atoms with Gasteiger partial charge in [0, 0.05) is 17.6 Å². The molecule has 1 aliphatic heterocycles. The first-order valence-electron chi connectivity index (χ1n) is 5.74. The van der Waals surface area contributed by atoms with Crippen LogP contribution in [-0.4, -0.2) is 25.1 Å². The van der Waals surface area contributed by atoms with Crippen LogP contribution in [0.3, 0.4) is 0 Å². The largest absolute Gasteiger partial charge is 0.497 e. The highest BCUT2D eigenvalue weighted by atomic mass is 79.9. The monoisotopic (exact) mass is 283 g/mol. The maximum Gasteiger partial charge on any atom is 0.119 e. The molecule has 0 bridgehead atoms. The minimum Gasteiger partial charge on any atom is -0.497 e. The summed E-state index contributed by atoms with van der Waals surface area (Å²) in [5.74, 6) is 1.77. The third kappa shape index (κ3) is 2.77. The minimum absolute atomic E-state index is 0.837. The summed E-state index contributed by atoms with van der Waals surface area (Å²) in [5.41, 5.74) is 1.31. The highest BCUT2D eigenvalue weighted by molar-refractivity contribution is 9.10. The molecule has 16 heavy (non-hydrogen) atoms. The van der Waals surface area contributed by atoms with Crippen LogP contribution in [0.15, 0.2) is 22.7 Å². The van der Waals surface area contributed by atoms with Crippen LogP contribution in [0.2, 0.25) is 0 Å². The van der Waals surface area contributed by atoms with E-state index < -0.39 is 0 Å². The van der Waals surface area contributed by atoms with Gasteiger partial charge in [-0.25, -0.2) is 0 Å². The summed E-state index contributed by atoms with van der Waals surface area (Å²) in [6.45, 7) is 5.76. The summed E-state index contributed by atoms with van der Waals surface area (Å²) in [4.78, 5) is 2.50. The maximum absolute atomic E-state index is 5.26. The Kier molecular flexibility index (Phi) is 3.87. The van der Waals surface area contributed by atoms with Crippen LogP contribution >= 0.6 is 15.9 Å². The lowest BCUT2D eigenvalue weighted by Gasteiger charge is -2.16. The molecule has 0 radical (unpaired) electrons. The minimum atomic E-state index is 0.837. The fraction of sp³-hybridized carbons (Fsp3) is 0.538. The fourth-order valence-corrected chi connectivity index (χ4v) is 2.58. The molecule has 1 aliphatic rings. The van der Waals surface area contributed by atoms with E-state index in [1.54, 1.807) is 7.11 Å². The smallest absolute Gasteiger partial charge is 0.119 e. The lowest BCUT2D eigenvalue weighted by molar-refractivity contribution is 0.319. The molecule has 2 nitrogen and oxygen atoms in total. The molecule has 2 rings (SSSR count). The first-order valence-corrected chi connectivity index (χ1v) is 6.53. The molecule has 1 aromatic carbocycles. The number of nitrogens with zero attached hydrogens (tertiary/aromatic N) is 1. The van der Waals surface area contributed by atoms with E-state index in [4.69, 9.17) is 4.74 Å². The Morgan fingerprint density at radius 1 is 1.50 bits per heavy atom. The standard InChI is InChI=1S/C13H18BrNO/c1-10-5-6-15(8-10)9-11-7-12(16-2)3-4-13(11)14/h3-4,7,10H,5-6,8-9H2,1-2H3. The highest BCUT2D eigenvalue weighted by Crippen LogP contribution is 2.26. The second kappa shape index (κ2) is 5.19. The number of hydrogen-bond donors (Lipinski definition) is 0. The summed E-state index contributed by atoms with van der Waals surface area (Å²) in [6, 6.07) is 6.17. The van der Waals surface area contributed by atoms with E-state index >= 15 is 0 Å². The summed E-state index contributed by atoms with van der Waals surface area (Å²) in [7, 11) is 1.71. The van der Waals surface area contributed by atoms with E-state index in [2.05, 4.69) is 39.9 Å². The quantitative estimate of drug-likeness (QED) is 0.844. The van der Waals surface area contributed by atoms with Crippen LogP contribution in [0.1, 0.15) is 18.9 Å². The van der Waals surface area contributed by atoms with E-state index in [1.165, 1.54) is 29.5 Å². The van der Waals surface area contributed by atoms with Crippen LogP contribution in [0.25, 0.3) is 0 Å². The van der Waals surface area contributed by atoms with E-state index in [-0.39, 0.29) is 0 Å². The average molecular weight is 284 g/mol. The third-order valence-electron chi connectivity index (χ3n) is 3.15. The van der Waals surface area contributed by atoms with Gasteiger partial charge in [-0.1, -0.05) is 22.9 Å². The number of methoxy groups -OCH3 is 1. The van der Waals surface area contributed by atoms with Gasteiger partial charge in [0.1, 0.15) is 5.75 Å². The van der Waals surface area contributed by atoms with Crippen molar-refractivity contribution in [3.8, 4) is 5.75 Å².